The van der Waals surface area contributed by atoms with Gasteiger partial charge in [-0.15, -0.1) is 10.2 Å². The Bertz CT molecular complexity index is 1120. The Morgan fingerprint density at radius 3 is 2.16 bits per heavy atom. The Hall–Kier alpha value is -2.26. The number of halogens is 2. The molecule has 1 aliphatic rings. The zero-order chi connectivity index (χ0) is 22.7. The molecule has 1 aromatic heterocycles. The fourth-order valence-corrected chi connectivity index (χ4v) is 6.79. The SMILES string of the molecule is Cn1c(SCCCC(c2ccc(F)cc2)c2ccc(F)cc2)nnc1C1CCS(=O)(=O)C1. The summed E-state index contributed by atoms with van der Waals surface area (Å²) in [5.74, 6) is 1.26. The predicted octanol–water partition coefficient (Wildman–Crippen LogP) is 4.70. The summed E-state index contributed by atoms with van der Waals surface area (Å²) in [7, 11) is -1.10. The third kappa shape index (κ3) is 5.38. The van der Waals surface area contributed by atoms with Crippen LogP contribution in [0.2, 0.25) is 0 Å². The highest BCUT2D eigenvalue weighted by atomic mass is 32.2. The minimum absolute atomic E-state index is 0.0375. The van der Waals surface area contributed by atoms with Gasteiger partial charge in [0.2, 0.25) is 0 Å². The summed E-state index contributed by atoms with van der Waals surface area (Å²) in [6.45, 7) is 0. The fraction of sp³-hybridized carbons (Fsp3) is 0.391. The van der Waals surface area contributed by atoms with E-state index in [-0.39, 0.29) is 35.0 Å². The van der Waals surface area contributed by atoms with E-state index in [4.69, 9.17) is 0 Å². The predicted molar refractivity (Wildman–Crippen MR) is 122 cm³/mol. The van der Waals surface area contributed by atoms with Gasteiger partial charge in [0, 0.05) is 24.6 Å². The minimum atomic E-state index is -2.97. The van der Waals surface area contributed by atoms with Gasteiger partial charge < -0.3 is 4.57 Å². The maximum atomic E-state index is 13.4. The molecular formula is C23H25F2N3O2S2. The Morgan fingerprint density at radius 1 is 1.03 bits per heavy atom. The molecule has 32 heavy (non-hydrogen) atoms. The van der Waals surface area contributed by atoms with Crippen LogP contribution in [0.15, 0.2) is 53.7 Å². The average Bonchev–Trinajstić information content (AvgIpc) is 3.31. The molecule has 0 bridgehead atoms. The van der Waals surface area contributed by atoms with Crippen molar-refractivity contribution in [3.05, 3.63) is 77.1 Å². The number of sulfone groups is 1. The minimum Gasteiger partial charge on any atom is -0.309 e. The number of aromatic nitrogens is 3. The van der Waals surface area contributed by atoms with Gasteiger partial charge in [0.05, 0.1) is 11.5 Å². The molecule has 0 spiro atoms. The number of hydrogen-bond donors (Lipinski definition) is 0. The number of thioether (sulfide) groups is 1. The first-order chi connectivity index (χ1) is 15.3. The van der Waals surface area contributed by atoms with Crippen LogP contribution in [0.5, 0.6) is 0 Å². The largest absolute Gasteiger partial charge is 0.309 e. The molecule has 170 valence electrons. The summed E-state index contributed by atoms with van der Waals surface area (Å²) in [6, 6.07) is 12.9. The van der Waals surface area contributed by atoms with E-state index in [0.717, 1.165) is 40.7 Å². The highest BCUT2D eigenvalue weighted by Crippen LogP contribution is 2.32. The fourth-order valence-electron chi connectivity index (χ4n) is 4.17. The van der Waals surface area contributed by atoms with E-state index in [9.17, 15) is 17.2 Å². The molecule has 3 aromatic rings. The Labute approximate surface area is 191 Å². The van der Waals surface area contributed by atoms with Crippen LogP contribution in [0.3, 0.4) is 0 Å². The van der Waals surface area contributed by atoms with Gasteiger partial charge >= 0.3 is 0 Å². The first-order valence-electron chi connectivity index (χ1n) is 10.6. The maximum Gasteiger partial charge on any atom is 0.190 e. The lowest BCUT2D eigenvalue weighted by atomic mass is 9.88. The third-order valence-corrected chi connectivity index (χ3v) is 8.75. The van der Waals surface area contributed by atoms with Crippen LogP contribution in [0.1, 0.15) is 48.0 Å². The Balaban J connectivity index is 1.39. The normalized spacial score (nSPS) is 17.8. The molecule has 1 saturated heterocycles. The zero-order valence-electron chi connectivity index (χ0n) is 17.7. The molecule has 1 unspecified atom stereocenters. The first-order valence-corrected chi connectivity index (χ1v) is 13.4. The van der Waals surface area contributed by atoms with E-state index in [0.29, 0.717) is 6.42 Å². The summed E-state index contributed by atoms with van der Waals surface area (Å²) in [4.78, 5) is 0. The molecule has 0 N–H and O–H groups in total. The number of rotatable bonds is 8. The zero-order valence-corrected chi connectivity index (χ0v) is 19.4. The van der Waals surface area contributed by atoms with Gasteiger partial charge in [0.15, 0.2) is 15.0 Å². The average molecular weight is 478 g/mol. The van der Waals surface area contributed by atoms with Crippen LogP contribution in [-0.4, -0.2) is 40.4 Å². The van der Waals surface area contributed by atoms with E-state index >= 15 is 0 Å². The van der Waals surface area contributed by atoms with Crippen molar-refractivity contribution in [2.45, 2.75) is 36.3 Å². The monoisotopic (exact) mass is 477 g/mol. The number of hydrogen-bond acceptors (Lipinski definition) is 5. The Morgan fingerprint density at radius 2 is 1.62 bits per heavy atom. The third-order valence-electron chi connectivity index (χ3n) is 5.88. The molecule has 1 atom stereocenters. The summed E-state index contributed by atoms with van der Waals surface area (Å²) in [6.07, 6.45) is 2.27. The molecular weight excluding hydrogens is 452 g/mol. The molecule has 2 heterocycles. The topological polar surface area (TPSA) is 64.8 Å². The smallest absolute Gasteiger partial charge is 0.190 e. The molecule has 4 rings (SSSR count). The van der Waals surface area contributed by atoms with Crippen molar-refractivity contribution in [1.29, 1.82) is 0 Å². The molecule has 0 amide bonds. The van der Waals surface area contributed by atoms with Crippen LogP contribution >= 0.6 is 11.8 Å². The van der Waals surface area contributed by atoms with E-state index in [1.54, 1.807) is 36.0 Å². The summed E-state index contributed by atoms with van der Waals surface area (Å²) >= 11 is 1.58. The van der Waals surface area contributed by atoms with Crippen molar-refractivity contribution in [2.75, 3.05) is 17.3 Å². The lowest BCUT2D eigenvalue weighted by Crippen LogP contribution is -2.09. The van der Waals surface area contributed by atoms with Gasteiger partial charge in [-0.2, -0.15) is 0 Å². The molecule has 1 aliphatic heterocycles. The van der Waals surface area contributed by atoms with Crippen LogP contribution in [0.4, 0.5) is 8.78 Å². The molecule has 9 heteroatoms. The molecule has 0 radical (unpaired) electrons. The second-order valence-electron chi connectivity index (χ2n) is 8.15. The highest BCUT2D eigenvalue weighted by Gasteiger charge is 2.32. The standard InChI is InChI=1S/C23H25F2N3O2S2/c1-28-22(18-12-14-32(29,30)15-18)26-27-23(28)31-13-2-3-21(16-4-8-19(24)9-5-16)17-6-10-20(25)11-7-17/h4-11,18,21H,2-3,12-15H2,1H3. The number of benzene rings is 2. The first kappa shape index (κ1) is 22.9. The van der Waals surface area contributed by atoms with Crippen molar-refractivity contribution in [1.82, 2.24) is 14.8 Å². The molecule has 2 aromatic carbocycles. The molecule has 1 fully saturated rings. The van der Waals surface area contributed by atoms with Gasteiger partial charge in [-0.1, -0.05) is 36.0 Å². The molecule has 0 aliphatic carbocycles. The maximum absolute atomic E-state index is 13.4. The van der Waals surface area contributed by atoms with E-state index in [1.807, 2.05) is 11.6 Å². The highest BCUT2D eigenvalue weighted by molar-refractivity contribution is 7.99. The second kappa shape index (κ2) is 9.70. The van der Waals surface area contributed by atoms with E-state index in [1.165, 1.54) is 24.3 Å². The summed E-state index contributed by atoms with van der Waals surface area (Å²) in [5.41, 5.74) is 1.98. The lowest BCUT2D eigenvalue weighted by molar-refractivity contribution is 0.599. The summed E-state index contributed by atoms with van der Waals surface area (Å²) in [5, 5.41) is 9.27. The summed E-state index contributed by atoms with van der Waals surface area (Å²) < 4.78 is 52.2. The molecule has 5 nitrogen and oxygen atoms in total. The van der Waals surface area contributed by atoms with E-state index in [2.05, 4.69) is 10.2 Å². The van der Waals surface area contributed by atoms with Gasteiger partial charge in [0.25, 0.3) is 0 Å². The molecule has 0 saturated carbocycles. The number of nitrogens with zero attached hydrogens (tertiary/aromatic N) is 3. The lowest BCUT2D eigenvalue weighted by Gasteiger charge is -2.18. The Kier molecular flexibility index (Phi) is 6.95. The van der Waals surface area contributed by atoms with Crippen molar-refractivity contribution >= 4 is 21.6 Å². The van der Waals surface area contributed by atoms with Gasteiger partial charge in [-0.05, 0) is 54.7 Å². The van der Waals surface area contributed by atoms with Crippen molar-refractivity contribution < 1.29 is 17.2 Å². The van der Waals surface area contributed by atoms with Crippen LogP contribution in [-0.2, 0) is 16.9 Å². The second-order valence-corrected chi connectivity index (χ2v) is 11.4. The van der Waals surface area contributed by atoms with Crippen molar-refractivity contribution in [3.63, 3.8) is 0 Å². The van der Waals surface area contributed by atoms with Crippen LogP contribution in [0.25, 0.3) is 0 Å². The van der Waals surface area contributed by atoms with Crippen molar-refractivity contribution in [3.8, 4) is 0 Å². The van der Waals surface area contributed by atoms with Crippen molar-refractivity contribution in [2.24, 2.45) is 7.05 Å². The van der Waals surface area contributed by atoms with Gasteiger partial charge in [-0.3, -0.25) is 0 Å². The van der Waals surface area contributed by atoms with Crippen LogP contribution in [0, 0.1) is 11.6 Å². The van der Waals surface area contributed by atoms with Crippen LogP contribution < -0.4 is 0 Å². The van der Waals surface area contributed by atoms with Gasteiger partial charge in [-0.25, -0.2) is 17.2 Å². The van der Waals surface area contributed by atoms with Gasteiger partial charge in [0.1, 0.15) is 17.5 Å². The quantitative estimate of drug-likeness (QED) is 0.348. The van der Waals surface area contributed by atoms with E-state index < -0.39 is 9.84 Å².